The van der Waals surface area contributed by atoms with Crippen LogP contribution in [-0.4, -0.2) is 18.4 Å². The van der Waals surface area contributed by atoms with Crippen LogP contribution in [0.1, 0.15) is 6.92 Å². The van der Waals surface area contributed by atoms with E-state index in [9.17, 15) is 9.59 Å². The van der Waals surface area contributed by atoms with Crippen molar-refractivity contribution in [1.29, 1.82) is 0 Å². The third kappa shape index (κ3) is 4.57. The number of fused-ring (bicyclic) bond motifs is 1. The zero-order chi connectivity index (χ0) is 17.6. The highest BCUT2D eigenvalue weighted by molar-refractivity contribution is 5.95. The van der Waals surface area contributed by atoms with Crippen molar-refractivity contribution in [2.24, 2.45) is 0 Å². The first-order valence-electron chi connectivity index (χ1n) is 8.00. The van der Waals surface area contributed by atoms with E-state index in [-0.39, 0.29) is 18.4 Å². The zero-order valence-corrected chi connectivity index (χ0v) is 13.9. The Balaban J connectivity index is 1.55. The average Bonchev–Trinajstić information content (AvgIpc) is 2.61. The van der Waals surface area contributed by atoms with E-state index in [0.717, 1.165) is 16.5 Å². The molecule has 0 atom stereocenters. The molecule has 0 spiro atoms. The third-order valence-electron chi connectivity index (χ3n) is 3.69. The maximum atomic E-state index is 12.1. The van der Waals surface area contributed by atoms with Gasteiger partial charge in [-0.2, -0.15) is 0 Å². The Hall–Kier alpha value is -3.34. The molecule has 2 amide bonds. The van der Waals surface area contributed by atoms with Crippen LogP contribution in [0.3, 0.4) is 0 Å². The number of benzene rings is 3. The lowest BCUT2D eigenvalue weighted by atomic mass is 10.1. The number of hydrogen-bond acceptors (Lipinski definition) is 3. The molecule has 0 radical (unpaired) electrons. The van der Waals surface area contributed by atoms with Gasteiger partial charge < -0.3 is 16.0 Å². The molecule has 3 rings (SSSR count). The highest BCUT2D eigenvalue weighted by Gasteiger charge is 2.03. The normalized spacial score (nSPS) is 10.3. The van der Waals surface area contributed by atoms with Crippen molar-refractivity contribution in [2.75, 3.05) is 22.5 Å². The predicted octanol–water partition coefficient (Wildman–Crippen LogP) is 3.85. The van der Waals surface area contributed by atoms with Gasteiger partial charge in [-0.25, -0.2) is 0 Å². The second-order valence-corrected chi connectivity index (χ2v) is 5.72. The van der Waals surface area contributed by atoms with E-state index in [2.05, 4.69) is 22.0 Å². The van der Waals surface area contributed by atoms with Crippen molar-refractivity contribution >= 4 is 39.6 Å². The topological polar surface area (TPSA) is 70.2 Å². The lowest BCUT2D eigenvalue weighted by molar-refractivity contribution is -0.115. The maximum absolute atomic E-state index is 12.1. The Bertz CT molecular complexity index is 904. The summed E-state index contributed by atoms with van der Waals surface area (Å²) in [6.07, 6.45) is 0. The molecule has 3 aromatic carbocycles. The molecule has 3 aromatic rings. The molecule has 0 fully saturated rings. The van der Waals surface area contributed by atoms with E-state index in [0.29, 0.717) is 11.4 Å². The molecule has 0 saturated heterocycles. The highest BCUT2D eigenvalue weighted by Crippen LogP contribution is 2.19. The van der Waals surface area contributed by atoms with E-state index in [1.807, 2.05) is 36.4 Å². The van der Waals surface area contributed by atoms with Crippen LogP contribution in [0.2, 0.25) is 0 Å². The molecule has 126 valence electrons. The molecular weight excluding hydrogens is 314 g/mol. The van der Waals surface area contributed by atoms with E-state index >= 15 is 0 Å². The first kappa shape index (κ1) is 16.5. The van der Waals surface area contributed by atoms with Gasteiger partial charge in [0.1, 0.15) is 0 Å². The fraction of sp³-hybridized carbons (Fsp3) is 0.100. The Labute approximate surface area is 146 Å². The fourth-order valence-corrected chi connectivity index (χ4v) is 2.53. The van der Waals surface area contributed by atoms with E-state index in [1.54, 1.807) is 24.3 Å². The largest absolute Gasteiger partial charge is 0.376 e. The van der Waals surface area contributed by atoms with Crippen molar-refractivity contribution in [3.8, 4) is 0 Å². The number of carbonyl (C=O) groups excluding carboxylic acids is 2. The Morgan fingerprint density at radius 1 is 0.760 bits per heavy atom. The lowest BCUT2D eigenvalue weighted by Crippen LogP contribution is -2.21. The van der Waals surface area contributed by atoms with Crippen molar-refractivity contribution in [1.82, 2.24) is 0 Å². The van der Waals surface area contributed by atoms with Crippen molar-refractivity contribution < 1.29 is 9.59 Å². The molecule has 5 heteroatoms. The van der Waals surface area contributed by atoms with Gasteiger partial charge in [0.25, 0.3) is 0 Å². The SMILES string of the molecule is CC(=O)Nc1ccc(NC(=O)CNc2ccc3ccccc3c2)cc1. The summed E-state index contributed by atoms with van der Waals surface area (Å²) >= 11 is 0. The molecular formula is C20H19N3O2. The number of hydrogen-bond donors (Lipinski definition) is 3. The second kappa shape index (κ2) is 7.49. The molecule has 0 saturated carbocycles. The van der Waals surface area contributed by atoms with Crippen LogP contribution in [0.25, 0.3) is 10.8 Å². The molecule has 3 N–H and O–H groups in total. The summed E-state index contributed by atoms with van der Waals surface area (Å²) in [5.74, 6) is -0.267. The number of amides is 2. The van der Waals surface area contributed by atoms with Crippen LogP contribution in [0.15, 0.2) is 66.7 Å². The minimum atomic E-state index is -0.138. The minimum absolute atomic E-state index is 0.128. The van der Waals surface area contributed by atoms with Crippen LogP contribution < -0.4 is 16.0 Å². The zero-order valence-electron chi connectivity index (χ0n) is 13.9. The lowest BCUT2D eigenvalue weighted by Gasteiger charge is -2.09. The standard InChI is InChI=1S/C20H19N3O2/c1-14(24)22-17-8-10-18(11-9-17)23-20(25)13-21-19-7-6-15-4-2-3-5-16(15)12-19/h2-12,21H,13H2,1H3,(H,22,24)(H,23,25). The summed E-state index contributed by atoms with van der Waals surface area (Å²) in [6, 6.07) is 21.1. The van der Waals surface area contributed by atoms with Crippen molar-refractivity contribution in [3.63, 3.8) is 0 Å². The first-order chi connectivity index (χ1) is 12.1. The first-order valence-corrected chi connectivity index (χ1v) is 8.00. The molecule has 0 aliphatic heterocycles. The van der Waals surface area contributed by atoms with Gasteiger partial charge in [0.15, 0.2) is 0 Å². The van der Waals surface area contributed by atoms with E-state index in [1.165, 1.54) is 6.92 Å². The van der Waals surface area contributed by atoms with Crippen LogP contribution >= 0.6 is 0 Å². The summed E-state index contributed by atoms with van der Waals surface area (Å²) in [6.45, 7) is 1.62. The smallest absolute Gasteiger partial charge is 0.243 e. The Morgan fingerprint density at radius 3 is 2.04 bits per heavy atom. The fourth-order valence-electron chi connectivity index (χ4n) is 2.53. The van der Waals surface area contributed by atoms with Crippen molar-refractivity contribution in [3.05, 3.63) is 66.7 Å². The van der Waals surface area contributed by atoms with Crippen LogP contribution in [0.4, 0.5) is 17.1 Å². The summed E-state index contributed by atoms with van der Waals surface area (Å²) < 4.78 is 0. The Kier molecular flexibility index (Phi) is 4.95. The summed E-state index contributed by atoms with van der Waals surface area (Å²) in [7, 11) is 0. The van der Waals surface area contributed by atoms with Crippen LogP contribution in [0.5, 0.6) is 0 Å². The average molecular weight is 333 g/mol. The molecule has 0 aliphatic rings. The van der Waals surface area contributed by atoms with Gasteiger partial charge in [0.05, 0.1) is 6.54 Å². The summed E-state index contributed by atoms with van der Waals surface area (Å²) in [4.78, 5) is 23.1. The highest BCUT2D eigenvalue weighted by atomic mass is 16.2. The second-order valence-electron chi connectivity index (χ2n) is 5.72. The molecule has 0 aromatic heterocycles. The summed E-state index contributed by atoms with van der Waals surface area (Å²) in [5, 5.41) is 10.9. The predicted molar refractivity (Wildman–Crippen MR) is 102 cm³/mol. The monoisotopic (exact) mass is 333 g/mol. The number of carbonyl (C=O) groups is 2. The number of anilines is 3. The van der Waals surface area contributed by atoms with Gasteiger partial charge >= 0.3 is 0 Å². The van der Waals surface area contributed by atoms with Gasteiger partial charge in [-0.3, -0.25) is 9.59 Å². The molecule has 25 heavy (non-hydrogen) atoms. The van der Waals surface area contributed by atoms with Crippen LogP contribution in [0, 0.1) is 0 Å². The van der Waals surface area contributed by atoms with E-state index < -0.39 is 0 Å². The summed E-state index contributed by atoms with van der Waals surface area (Å²) in [5.41, 5.74) is 2.27. The van der Waals surface area contributed by atoms with Gasteiger partial charge in [0.2, 0.25) is 11.8 Å². The minimum Gasteiger partial charge on any atom is -0.376 e. The number of rotatable bonds is 5. The quantitative estimate of drug-likeness (QED) is 0.664. The van der Waals surface area contributed by atoms with Gasteiger partial charge in [-0.15, -0.1) is 0 Å². The number of nitrogens with one attached hydrogen (secondary N) is 3. The van der Waals surface area contributed by atoms with Gasteiger partial charge in [-0.1, -0.05) is 30.3 Å². The van der Waals surface area contributed by atoms with Crippen LogP contribution in [-0.2, 0) is 9.59 Å². The molecule has 0 bridgehead atoms. The third-order valence-corrected chi connectivity index (χ3v) is 3.69. The van der Waals surface area contributed by atoms with Gasteiger partial charge in [0, 0.05) is 24.0 Å². The molecule has 0 unspecified atom stereocenters. The van der Waals surface area contributed by atoms with Crippen molar-refractivity contribution in [2.45, 2.75) is 6.92 Å². The van der Waals surface area contributed by atoms with Gasteiger partial charge in [-0.05, 0) is 47.2 Å². The molecule has 5 nitrogen and oxygen atoms in total. The molecule has 0 heterocycles. The molecule has 0 aliphatic carbocycles. The Morgan fingerprint density at radius 2 is 1.36 bits per heavy atom. The van der Waals surface area contributed by atoms with E-state index in [4.69, 9.17) is 0 Å². The maximum Gasteiger partial charge on any atom is 0.243 e.